The Morgan fingerprint density at radius 3 is 2.69 bits per heavy atom. The smallest absolute Gasteiger partial charge is 0.416 e. The van der Waals surface area contributed by atoms with E-state index in [-0.39, 0.29) is 28.9 Å². The zero-order chi connectivity index (χ0) is 24.6. The Balaban J connectivity index is 1.53. The Bertz CT molecular complexity index is 1420. The largest absolute Gasteiger partial charge is 0.493 e. The topological polar surface area (TPSA) is 110 Å². The third kappa shape index (κ3) is 4.54. The molecule has 3 heterocycles. The van der Waals surface area contributed by atoms with Crippen LogP contribution in [0.3, 0.4) is 0 Å². The van der Waals surface area contributed by atoms with Crippen molar-refractivity contribution in [3.63, 3.8) is 0 Å². The average Bonchev–Trinajstić information content (AvgIpc) is 3.38. The van der Waals surface area contributed by atoms with Crippen LogP contribution in [0.5, 0.6) is 5.75 Å². The van der Waals surface area contributed by atoms with Crippen LogP contribution in [0.25, 0.3) is 5.69 Å². The van der Waals surface area contributed by atoms with Gasteiger partial charge in [-0.3, -0.25) is 10.1 Å². The molecule has 9 nitrogen and oxygen atoms in total. The van der Waals surface area contributed by atoms with E-state index < -0.39 is 21.8 Å². The monoisotopic (exact) mass is 504 g/mol. The van der Waals surface area contributed by atoms with Crippen molar-refractivity contribution in [1.29, 1.82) is 0 Å². The summed E-state index contributed by atoms with van der Waals surface area (Å²) < 4.78 is 75.4. The zero-order valence-corrected chi connectivity index (χ0v) is 18.8. The molecule has 0 spiro atoms. The fourth-order valence-corrected chi connectivity index (χ4v) is 5.06. The van der Waals surface area contributed by atoms with Crippen LogP contribution >= 0.6 is 0 Å². The van der Waals surface area contributed by atoms with Crippen LogP contribution in [0, 0.1) is 0 Å². The van der Waals surface area contributed by atoms with Crippen LogP contribution < -0.4 is 20.3 Å². The van der Waals surface area contributed by atoms with Gasteiger partial charge in [0, 0.05) is 23.7 Å². The molecule has 0 unspecified atom stereocenters. The molecule has 0 saturated carbocycles. The summed E-state index contributed by atoms with van der Waals surface area (Å²) in [6, 6.07) is 7.96. The number of benzene rings is 2. The lowest BCUT2D eigenvalue weighted by Gasteiger charge is -2.28. The van der Waals surface area contributed by atoms with E-state index in [9.17, 15) is 21.6 Å². The average molecular weight is 504 g/mol. The molecule has 3 N–H and O–H groups in total. The lowest BCUT2D eigenvalue weighted by molar-refractivity contribution is -0.137. The maximum Gasteiger partial charge on any atom is 0.416 e. The van der Waals surface area contributed by atoms with Crippen molar-refractivity contribution in [2.24, 2.45) is 0 Å². The maximum atomic E-state index is 13.4. The van der Waals surface area contributed by atoms with Gasteiger partial charge in [-0.15, -0.1) is 5.10 Å². The molecule has 35 heavy (non-hydrogen) atoms. The number of hydrogen-bond acceptors (Lipinski definition) is 7. The highest BCUT2D eigenvalue weighted by Crippen LogP contribution is 2.42. The number of halogens is 3. The minimum absolute atomic E-state index is 0.0157. The van der Waals surface area contributed by atoms with E-state index in [1.165, 1.54) is 35.3 Å². The number of nitrogens with one attached hydrogen (secondary N) is 3. The second kappa shape index (κ2) is 8.65. The van der Waals surface area contributed by atoms with E-state index in [2.05, 4.69) is 25.9 Å². The Hall–Kier alpha value is -4.00. The highest BCUT2D eigenvalue weighted by molar-refractivity contribution is 7.89. The second-order valence-corrected chi connectivity index (χ2v) is 9.51. The summed E-state index contributed by atoms with van der Waals surface area (Å²) in [6.45, 7) is 0.258. The molecule has 182 valence electrons. The van der Waals surface area contributed by atoms with Gasteiger partial charge in [0.15, 0.2) is 0 Å². The molecule has 1 aromatic heterocycles. The number of sulfonamides is 1. The summed E-state index contributed by atoms with van der Waals surface area (Å²) in [6.07, 6.45) is 3.60. The Kier molecular flexibility index (Phi) is 5.63. The summed E-state index contributed by atoms with van der Waals surface area (Å²) >= 11 is 0. The fourth-order valence-electron chi connectivity index (χ4n) is 4.03. The summed E-state index contributed by atoms with van der Waals surface area (Å²) in [5.74, 6) is 0.241. The highest BCUT2D eigenvalue weighted by Gasteiger charge is 2.33. The standard InChI is InChI=1S/C22H19F3N6O3S/c23-22(24,25)14-3-5-17(19(12-14)31-10-9-27-30-31)16-7-11-34-20-13-15(4-6-18(16)20)35(32,33)29-21-2-1-8-26-28-21/h1-6,8-10,12-13,16,26,28-29H,7,11H2/t16-/m0/s1. The maximum absolute atomic E-state index is 13.4. The summed E-state index contributed by atoms with van der Waals surface area (Å²) in [5, 5.41) is 7.60. The first-order valence-electron chi connectivity index (χ1n) is 10.5. The summed E-state index contributed by atoms with van der Waals surface area (Å²) in [5.41, 5.74) is 6.05. The SMILES string of the molecule is O=S(=O)(NC1=CC=CNN1)c1ccc2c(c1)OCC[C@H]2c1ccc(C(F)(F)F)cc1-n1ccnn1. The number of hydrogen-bond donors (Lipinski definition) is 3. The van der Waals surface area contributed by atoms with Gasteiger partial charge in [0.1, 0.15) is 11.6 Å². The van der Waals surface area contributed by atoms with Crippen molar-refractivity contribution in [3.8, 4) is 11.4 Å². The summed E-state index contributed by atoms with van der Waals surface area (Å²) in [4.78, 5) is -0.0157. The van der Waals surface area contributed by atoms with Gasteiger partial charge in [-0.1, -0.05) is 17.3 Å². The first-order valence-corrected chi connectivity index (χ1v) is 12.0. The van der Waals surface area contributed by atoms with Crippen molar-refractivity contribution >= 4 is 10.0 Å². The molecular weight excluding hydrogens is 485 g/mol. The first kappa shape index (κ1) is 22.8. The number of alkyl halides is 3. The van der Waals surface area contributed by atoms with E-state index >= 15 is 0 Å². The third-order valence-corrected chi connectivity index (χ3v) is 6.99. The molecule has 0 amide bonds. The number of rotatable bonds is 5. The van der Waals surface area contributed by atoms with Crippen molar-refractivity contribution in [2.75, 3.05) is 6.61 Å². The van der Waals surface area contributed by atoms with Crippen molar-refractivity contribution < 1.29 is 26.3 Å². The van der Waals surface area contributed by atoms with Crippen LogP contribution in [-0.4, -0.2) is 30.0 Å². The van der Waals surface area contributed by atoms with E-state index in [1.54, 1.807) is 24.4 Å². The quantitative estimate of drug-likeness (QED) is 0.490. The molecule has 2 aliphatic rings. The molecule has 3 aromatic rings. The molecule has 2 aromatic carbocycles. The minimum atomic E-state index is -4.52. The molecule has 0 saturated heterocycles. The van der Waals surface area contributed by atoms with Gasteiger partial charge < -0.3 is 10.2 Å². The Morgan fingerprint density at radius 1 is 1.14 bits per heavy atom. The molecule has 0 bridgehead atoms. The van der Waals surface area contributed by atoms with Gasteiger partial charge in [-0.25, -0.2) is 13.1 Å². The lowest BCUT2D eigenvalue weighted by atomic mass is 9.85. The molecule has 5 rings (SSSR count). The van der Waals surface area contributed by atoms with E-state index in [4.69, 9.17) is 4.74 Å². The van der Waals surface area contributed by atoms with Crippen molar-refractivity contribution in [1.82, 2.24) is 30.6 Å². The second-order valence-electron chi connectivity index (χ2n) is 7.82. The number of allylic oxidation sites excluding steroid dienone is 2. The number of hydrazine groups is 1. The number of ether oxygens (including phenoxy) is 1. The van der Waals surface area contributed by atoms with E-state index in [0.29, 0.717) is 23.3 Å². The molecule has 0 aliphatic carbocycles. The number of nitrogens with zero attached hydrogens (tertiary/aromatic N) is 3. The highest BCUT2D eigenvalue weighted by atomic mass is 32.2. The normalized spacial score (nSPS) is 17.5. The van der Waals surface area contributed by atoms with Crippen LogP contribution in [0.2, 0.25) is 0 Å². The van der Waals surface area contributed by atoms with Crippen molar-refractivity contribution in [3.05, 3.63) is 89.7 Å². The van der Waals surface area contributed by atoms with Crippen LogP contribution in [0.15, 0.2) is 77.9 Å². The number of fused-ring (bicyclic) bond motifs is 1. The van der Waals surface area contributed by atoms with Gasteiger partial charge in [0.25, 0.3) is 10.0 Å². The molecule has 1 atom stereocenters. The van der Waals surface area contributed by atoms with Gasteiger partial charge in [0.05, 0.1) is 35.1 Å². The van der Waals surface area contributed by atoms with Crippen LogP contribution in [0.4, 0.5) is 13.2 Å². The zero-order valence-electron chi connectivity index (χ0n) is 18.0. The third-order valence-electron chi connectivity index (χ3n) is 5.63. The van der Waals surface area contributed by atoms with Crippen LogP contribution in [-0.2, 0) is 16.2 Å². The Morgan fingerprint density at radius 2 is 1.97 bits per heavy atom. The van der Waals surface area contributed by atoms with Crippen molar-refractivity contribution in [2.45, 2.75) is 23.4 Å². The predicted octanol–water partition coefficient (Wildman–Crippen LogP) is 2.94. The molecule has 0 fully saturated rings. The van der Waals surface area contributed by atoms with Gasteiger partial charge in [0.2, 0.25) is 0 Å². The fraction of sp³-hybridized carbons (Fsp3) is 0.182. The first-order chi connectivity index (χ1) is 16.7. The number of aromatic nitrogens is 3. The van der Waals surface area contributed by atoms with E-state index in [0.717, 1.165) is 12.1 Å². The molecule has 13 heteroatoms. The van der Waals surface area contributed by atoms with Gasteiger partial charge >= 0.3 is 6.18 Å². The van der Waals surface area contributed by atoms with E-state index in [1.807, 2.05) is 0 Å². The van der Waals surface area contributed by atoms with Gasteiger partial charge in [-0.05, 0) is 42.3 Å². The molecule has 2 aliphatic heterocycles. The summed E-state index contributed by atoms with van der Waals surface area (Å²) in [7, 11) is -3.92. The molecular formula is C22H19F3N6O3S. The van der Waals surface area contributed by atoms with Crippen LogP contribution in [0.1, 0.15) is 29.0 Å². The lowest BCUT2D eigenvalue weighted by Crippen LogP contribution is -2.38. The van der Waals surface area contributed by atoms with Gasteiger partial charge in [-0.2, -0.15) is 13.2 Å². The molecule has 0 radical (unpaired) electrons. The predicted molar refractivity (Wildman–Crippen MR) is 119 cm³/mol. The Labute approximate surface area is 198 Å². The minimum Gasteiger partial charge on any atom is -0.493 e.